The lowest BCUT2D eigenvalue weighted by Crippen LogP contribution is -2.51. The number of non-ortho nitro benzene ring substituents is 1. The quantitative estimate of drug-likeness (QED) is 0.145. The Morgan fingerprint density at radius 3 is 2.64 bits per heavy atom. The van der Waals surface area contributed by atoms with Crippen molar-refractivity contribution in [3.8, 4) is 6.07 Å². The van der Waals surface area contributed by atoms with Gasteiger partial charge in [-0.3, -0.25) is 10.1 Å². The zero-order valence-corrected chi connectivity index (χ0v) is 26.2. The molecule has 45 heavy (non-hydrogen) atoms. The smallest absolute Gasteiger partial charge is 0.404 e. The molecule has 0 bridgehead atoms. The van der Waals surface area contributed by atoms with E-state index in [9.17, 15) is 33.5 Å². The number of aliphatic hydroxyl groups excluding tert-OH is 1. The standard InChI is InChI=1S/C31H40N4O9S/c1-31(2,13-6-7-14-32)20-34(18-27(36)26(33-30(37)38)16-21-8-4-3-5-9-21)45(41,42)28-17-22(35(39)40)10-11-23(28)25-19-44-29-24(25)12-15-43-29/h3-5,8-11,17,24-27,29,33,36H,6-7,12-13,15-16,18-20H2,1-2H3,(H,37,38)/t24-,25-,26-,27+,29+/m0/s1. The fourth-order valence-electron chi connectivity index (χ4n) is 6.19. The van der Waals surface area contributed by atoms with Crippen LogP contribution < -0.4 is 5.32 Å². The van der Waals surface area contributed by atoms with Crippen LogP contribution in [0.5, 0.6) is 0 Å². The maximum Gasteiger partial charge on any atom is 0.404 e. The minimum Gasteiger partial charge on any atom is -0.465 e. The first-order valence-corrected chi connectivity index (χ1v) is 16.4. The summed E-state index contributed by atoms with van der Waals surface area (Å²) < 4.78 is 41.8. The molecule has 5 atom stereocenters. The number of sulfonamides is 1. The Morgan fingerprint density at radius 2 is 1.98 bits per heavy atom. The van der Waals surface area contributed by atoms with E-state index in [1.807, 2.05) is 13.8 Å². The van der Waals surface area contributed by atoms with E-state index in [0.717, 1.165) is 15.9 Å². The molecule has 0 saturated carbocycles. The molecule has 2 aromatic carbocycles. The number of amides is 1. The number of nitrogens with zero attached hydrogens (tertiary/aromatic N) is 3. The Balaban J connectivity index is 1.75. The van der Waals surface area contributed by atoms with Crippen LogP contribution in [0.4, 0.5) is 10.5 Å². The van der Waals surface area contributed by atoms with E-state index in [2.05, 4.69) is 11.4 Å². The second kappa shape index (κ2) is 14.7. The molecule has 2 saturated heterocycles. The molecule has 0 radical (unpaired) electrons. The number of carboxylic acid groups (broad SMARTS) is 1. The fourth-order valence-corrected chi connectivity index (χ4v) is 8.12. The van der Waals surface area contributed by atoms with Crippen LogP contribution in [0.2, 0.25) is 0 Å². The average molecular weight is 645 g/mol. The number of aliphatic hydroxyl groups is 1. The largest absolute Gasteiger partial charge is 0.465 e. The van der Waals surface area contributed by atoms with Gasteiger partial charge >= 0.3 is 6.09 Å². The van der Waals surface area contributed by atoms with Crippen LogP contribution in [0, 0.1) is 32.8 Å². The minimum absolute atomic E-state index is 0.0955. The van der Waals surface area contributed by atoms with Crippen LogP contribution in [-0.4, -0.2) is 78.7 Å². The normalized spacial score (nSPS) is 21.2. The molecule has 2 aliphatic rings. The molecule has 0 aromatic heterocycles. The van der Waals surface area contributed by atoms with E-state index in [1.54, 1.807) is 30.3 Å². The molecule has 2 aromatic rings. The van der Waals surface area contributed by atoms with Gasteiger partial charge in [0.1, 0.15) is 0 Å². The van der Waals surface area contributed by atoms with Gasteiger partial charge in [0.2, 0.25) is 10.0 Å². The molecule has 1 amide bonds. The molecule has 14 heteroatoms. The van der Waals surface area contributed by atoms with Crippen molar-refractivity contribution in [1.82, 2.24) is 9.62 Å². The number of benzene rings is 2. The lowest BCUT2D eigenvalue weighted by atomic mass is 9.87. The Bertz CT molecular complexity index is 1500. The summed E-state index contributed by atoms with van der Waals surface area (Å²) in [6.07, 6.45) is -1.32. The Kier molecular flexibility index (Phi) is 11.2. The first kappa shape index (κ1) is 34.3. The summed E-state index contributed by atoms with van der Waals surface area (Å²) in [5.74, 6) is -0.519. The van der Waals surface area contributed by atoms with Crippen LogP contribution in [0.25, 0.3) is 0 Å². The van der Waals surface area contributed by atoms with Gasteiger partial charge in [-0.05, 0) is 42.2 Å². The van der Waals surface area contributed by atoms with Gasteiger partial charge in [0.05, 0.1) is 41.2 Å². The second-order valence-electron chi connectivity index (χ2n) is 12.4. The molecule has 2 heterocycles. The van der Waals surface area contributed by atoms with Crippen molar-refractivity contribution < 1.29 is 37.8 Å². The summed E-state index contributed by atoms with van der Waals surface area (Å²) in [7, 11) is -4.52. The third kappa shape index (κ3) is 8.56. The third-order valence-corrected chi connectivity index (χ3v) is 10.3. The zero-order chi connectivity index (χ0) is 32.8. The first-order chi connectivity index (χ1) is 21.3. The molecule has 0 aliphatic carbocycles. The molecule has 2 fully saturated rings. The van der Waals surface area contributed by atoms with E-state index in [-0.39, 0.29) is 36.8 Å². The van der Waals surface area contributed by atoms with Gasteiger partial charge in [-0.2, -0.15) is 9.57 Å². The summed E-state index contributed by atoms with van der Waals surface area (Å²) in [4.78, 5) is 22.6. The monoisotopic (exact) mass is 644 g/mol. The van der Waals surface area contributed by atoms with Crippen LogP contribution in [-0.2, 0) is 25.9 Å². The Labute approximate surface area is 263 Å². The number of fused-ring (bicyclic) bond motifs is 1. The van der Waals surface area contributed by atoms with Gasteiger partial charge < -0.3 is 25.0 Å². The molecule has 244 valence electrons. The van der Waals surface area contributed by atoms with Crippen LogP contribution in [0.3, 0.4) is 0 Å². The summed E-state index contributed by atoms with van der Waals surface area (Å²) in [6.45, 7) is 3.74. The molecule has 4 rings (SSSR count). The molecular formula is C31H40N4O9S. The number of hydrogen-bond acceptors (Lipinski definition) is 9. The van der Waals surface area contributed by atoms with Crippen molar-refractivity contribution in [2.24, 2.45) is 11.3 Å². The molecular weight excluding hydrogens is 604 g/mol. The molecule has 3 N–H and O–H groups in total. The van der Waals surface area contributed by atoms with Gasteiger partial charge in [0.25, 0.3) is 5.69 Å². The zero-order valence-electron chi connectivity index (χ0n) is 25.4. The third-order valence-electron chi connectivity index (χ3n) is 8.47. The number of carbonyl (C=O) groups is 1. The second-order valence-corrected chi connectivity index (χ2v) is 14.3. The van der Waals surface area contributed by atoms with Crippen molar-refractivity contribution in [2.75, 3.05) is 26.3 Å². The molecule has 0 spiro atoms. The van der Waals surface area contributed by atoms with Crippen molar-refractivity contribution >= 4 is 21.8 Å². The number of hydrogen-bond donors (Lipinski definition) is 3. The fraction of sp³-hybridized carbons (Fsp3) is 0.548. The molecule has 2 aliphatic heterocycles. The maximum absolute atomic E-state index is 14.7. The van der Waals surface area contributed by atoms with Gasteiger partial charge in [-0.25, -0.2) is 13.2 Å². The highest BCUT2D eigenvalue weighted by molar-refractivity contribution is 7.89. The predicted molar refractivity (Wildman–Crippen MR) is 163 cm³/mol. The number of nitriles is 1. The van der Waals surface area contributed by atoms with Crippen molar-refractivity contribution in [3.05, 3.63) is 69.8 Å². The van der Waals surface area contributed by atoms with Crippen molar-refractivity contribution in [2.45, 2.75) is 75.2 Å². The lowest BCUT2D eigenvalue weighted by Gasteiger charge is -2.35. The highest BCUT2D eigenvalue weighted by atomic mass is 32.2. The number of unbranched alkanes of at least 4 members (excludes halogenated alkanes) is 1. The van der Waals surface area contributed by atoms with E-state index >= 15 is 0 Å². The summed E-state index contributed by atoms with van der Waals surface area (Å²) in [6, 6.07) is 13.7. The number of nitro groups is 1. The van der Waals surface area contributed by atoms with Crippen LogP contribution >= 0.6 is 0 Å². The van der Waals surface area contributed by atoms with E-state index < -0.39 is 63.0 Å². The van der Waals surface area contributed by atoms with E-state index in [4.69, 9.17) is 14.7 Å². The van der Waals surface area contributed by atoms with Gasteiger partial charge in [-0.15, -0.1) is 0 Å². The van der Waals surface area contributed by atoms with Crippen LogP contribution in [0.15, 0.2) is 53.4 Å². The van der Waals surface area contributed by atoms with Crippen molar-refractivity contribution in [3.63, 3.8) is 0 Å². The Morgan fingerprint density at radius 1 is 1.24 bits per heavy atom. The minimum atomic E-state index is -4.52. The lowest BCUT2D eigenvalue weighted by molar-refractivity contribution is -0.385. The maximum atomic E-state index is 14.7. The number of ether oxygens (including phenoxy) is 2. The summed E-state index contributed by atoms with van der Waals surface area (Å²) >= 11 is 0. The first-order valence-electron chi connectivity index (χ1n) is 14.9. The highest BCUT2D eigenvalue weighted by Gasteiger charge is 2.45. The highest BCUT2D eigenvalue weighted by Crippen LogP contribution is 2.44. The number of nitrogens with one attached hydrogen (secondary N) is 1. The van der Waals surface area contributed by atoms with Crippen LogP contribution in [0.1, 0.15) is 56.6 Å². The van der Waals surface area contributed by atoms with E-state index in [1.165, 1.54) is 12.1 Å². The number of nitro benzene ring substituents is 1. The van der Waals surface area contributed by atoms with Gasteiger partial charge in [0, 0.05) is 43.5 Å². The Hall–Kier alpha value is -3.61. The van der Waals surface area contributed by atoms with Gasteiger partial charge in [-0.1, -0.05) is 50.2 Å². The van der Waals surface area contributed by atoms with Gasteiger partial charge in [0.15, 0.2) is 6.29 Å². The number of rotatable bonds is 15. The predicted octanol–water partition coefficient (Wildman–Crippen LogP) is 4.02. The van der Waals surface area contributed by atoms with E-state index in [0.29, 0.717) is 31.4 Å². The molecule has 13 nitrogen and oxygen atoms in total. The topological polar surface area (TPSA) is 192 Å². The summed E-state index contributed by atoms with van der Waals surface area (Å²) in [5, 5.41) is 44.2. The average Bonchev–Trinajstić information content (AvgIpc) is 3.61. The van der Waals surface area contributed by atoms with Crippen molar-refractivity contribution in [1.29, 1.82) is 5.26 Å². The molecule has 0 unspecified atom stereocenters. The summed E-state index contributed by atoms with van der Waals surface area (Å²) in [5.41, 5.74) is 0.0289. The SMILES string of the molecule is CC(C)(CCCC#N)CN(C[C@@H](O)[C@H](Cc1ccccc1)NC(=O)O)S(=O)(=O)c1cc([N+](=O)[O-])ccc1[C@@H]1CO[C@H]2OCC[C@H]21.